The SMILES string of the molecule is O=c1cc(Cl)[nH]c(=O)n1-c1cccc(OC(F)(F)F)c1. The van der Waals surface area contributed by atoms with Gasteiger partial charge in [-0.15, -0.1) is 13.2 Å². The zero-order valence-corrected chi connectivity index (χ0v) is 10.3. The Balaban J connectivity index is 2.52. The maximum absolute atomic E-state index is 12.1. The number of hydrogen-bond donors (Lipinski definition) is 1. The van der Waals surface area contributed by atoms with Crippen molar-refractivity contribution in [3.8, 4) is 11.4 Å². The van der Waals surface area contributed by atoms with Gasteiger partial charge < -0.3 is 4.74 Å². The first kappa shape index (κ1) is 14.2. The van der Waals surface area contributed by atoms with E-state index in [0.29, 0.717) is 4.57 Å². The number of aromatic nitrogens is 2. The van der Waals surface area contributed by atoms with E-state index in [-0.39, 0.29) is 10.8 Å². The molecule has 106 valence electrons. The minimum absolute atomic E-state index is 0.0744. The van der Waals surface area contributed by atoms with E-state index in [9.17, 15) is 22.8 Å². The Morgan fingerprint density at radius 1 is 1.20 bits per heavy atom. The topological polar surface area (TPSA) is 64.1 Å². The Bertz CT molecular complexity index is 720. The van der Waals surface area contributed by atoms with Crippen molar-refractivity contribution in [1.29, 1.82) is 0 Å². The van der Waals surface area contributed by atoms with Crippen molar-refractivity contribution in [2.24, 2.45) is 0 Å². The summed E-state index contributed by atoms with van der Waals surface area (Å²) in [6, 6.07) is 5.40. The summed E-state index contributed by atoms with van der Waals surface area (Å²) in [6.07, 6.45) is -4.87. The third-order valence-corrected chi connectivity index (χ3v) is 2.41. The summed E-state index contributed by atoms with van der Waals surface area (Å²) in [6.45, 7) is 0. The fourth-order valence-corrected chi connectivity index (χ4v) is 1.71. The fourth-order valence-electron chi connectivity index (χ4n) is 1.53. The quantitative estimate of drug-likeness (QED) is 0.864. The predicted octanol–water partition coefficient (Wildman–Crippen LogP) is 2.08. The maximum Gasteiger partial charge on any atom is 0.573 e. The van der Waals surface area contributed by atoms with Crippen LogP contribution in [0.15, 0.2) is 39.9 Å². The molecule has 0 saturated heterocycles. The van der Waals surface area contributed by atoms with Crippen LogP contribution >= 0.6 is 11.6 Å². The highest BCUT2D eigenvalue weighted by Crippen LogP contribution is 2.23. The number of alkyl halides is 3. The molecule has 5 nitrogen and oxygen atoms in total. The monoisotopic (exact) mass is 306 g/mol. The lowest BCUT2D eigenvalue weighted by molar-refractivity contribution is -0.274. The lowest BCUT2D eigenvalue weighted by Gasteiger charge is -2.10. The van der Waals surface area contributed by atoms with Gasteiger partial charge >= 0.3 is 12.1 Å². The standard InChI is InChI=1S/C11H6ClF3N2O3/c12-8-5-9(18)17(10(19)16-8)6-2-1-3-7(4-6)20-11(13,14)15/h1-5H,(H,16,19). The highest BCUT2D eigenvalue weighted by Gasteiger charge is 2.31. The van der Waals surface area contributed by atoms with Gasteiger partial charge in [0.15, 0.2) is 0 Å². The Morgan fingerprint density at radius 2 is 1.90 bits per heavy atom. The molecule has 0 spiro atoms. The molecule has 20 heavy (non-hydrogen) atoms. The molecule has 0 amide bonds. The van der Waals surface area contributed by atoms with Gasteiger partial charge in [-0.2, -0.15) is 0 Å². The molecule has 0 fully saturated rings. The molecule has 1 N–H and O–H groups in total. The molecule has 2 rings (SSSR count). The zero-order valence-electron chi connectivity index (χ0n) is 9.57. The first-order valence-electron chi connectivity index (χ1n) is 5.14. The van der Waals surface area contributed by atoms with Crippen molar-refractivity contribution in [2.45, 2.75) is 6.36 Å². The van der Waals surface area contributed by atoms with Crippen LogP contribution in [0.25, 0.3) is 5.69 Å². The molecule has 0 unspecified atom stereocenters. The summed E-state index contributed by atoms with van der Waals surface area (Å²) in [4.78, 5) is 25.4. The van der Waals surface area contributed by atoms with E-state index in [1.807, 2.05) is 0 Å². The molecule has 0 saturated carbocycles. The van der Waals surface area contributed by atoms with Crippen LogP contribution in [0.1, 0.15) is 0 Å². The number of hydrogen-bond acceptors (Lipinski definition) is 3. The van der Waals surface area contributed by atoms with Crippen LogP contribution in [0.5, 0.6) is 5.75 Å². The maximum atomic E-state index is 12.1. The van der Waals surface area contributed by atoms with Gasteiger partial charge in [-0.25, -0.2) is 9.36 Å². The second-order valence-corrected chi connectivity index (χ2v) is 4.05. The molecular formula is C11H6ClF3N2O3. The van der Waals surface area contributed by atoms with E-state index in [1.54, 1.807) is 0 Å². The summed E-state index contributed by atoms with van der Waals surface area (Å²) in [5.41, 5.74) is -1.72. The van der Waals surface area contributed by atoms with Crippen LogP contribution in [-0.4, -0.2) is 15.9 Å². The van der Waals surface area contributed by atoms with Crippen molar-refractivity contribution >= 4 is 11.6 Å². The molecule has 1 aromatic carbocycles. The van der Waals surface area contributed by atoms with E-state index in [0.717, 1.165) is 18.2 Å². The van der Waals surface area contributed by atoms with Gasteiger partial charge in [-0.3, -0.25) is 9.78 Å². The van der Waals surface area contributed by atoms with Crippen LogP contribution in [-0.2, 0) is 0 Å². The number of nitrogens with zero attached hydrogens (tertiary/aromatic N) is 1. The van der Waals surface area contributed by atoms with Gasteiger partial charge in [0.1, 0.15) is 10.9 Å². The van der Waals surface area contributed by atoms with E-state index in [1.165, 1.54) is 12.1 Å². The van der Waals surface area contributed by atoms with E-state index >= 15 is 0 Å². The first-order chi connectivity index (χ1) is 9.26. The Hall–Kier alpha value is -2.22. The third-order valence-electron chi connectivity index (χ3n) is 2.21. The highest BCUT2D eigenvalue weighted by molar-refractivity contribution is 6.29. The molecule has 0 radical (unpaired) electrons. The van der Waals surface area contributed by atoms with Crippen molar-refractivity contribution in [3.63, 3.8) is 0 Å². The molecule has 2 aromatic rings. The molecule has 0 atom stereocenters. The summed E-state index contributed by atoms with van der Waals surface area (Å²) >= 11 is 5.49. The van der Waals surface area contributed by atoms with Crippen LogP contribution < -0.4 is 16.0 Å². The van der Waals surface area contributed by atoms with Crippen molar-refractivity contribution in [2.75, 3.05) is 0 Å². The minimum atomic E-state index is -4.87. The summed E-state index contributed by atoms with van der Waals surface area (Å²) in [5, 5.41) is -0.168. The van der Waals surface area contributed by atoms with Crippen LogP contribution in [0.3, 0.4) is 0 Å². The Morgan fingerprint density at radius 3 is 2.50 bits per heavy atom. The zero-order chi connectivity index (χ0) is 14.9. The van der Waals surface area contributed by atoms with Gasteiger partial charge in [-0.1, -0.05) is 17.7 Å². The van der Waals surface area contributed by atoms with Gasteiger partial charge in [0.2, 0.25) is 0 Å². The van der Waals surface area contributed by atoms with Gasteiger partial charge in [0.05, 0.1) is 5.69 Å². The molecule has 1 aromatic heterocycles. The Labute approximate surface area is 114 Å². The highest BCUT2D eigenvalue weighted by atomic mass is 35.5. The normalized spacial score (nSPS) is 11.4. The van der Waals surface area contributed by atoms with Crippen molar-refractivity contribution < 1.29 is 17.9 Å². The van der Waals surface area contributed by atoms with Crippen molar-refractivity contribution in [3.05, 3.63) is 56.3 Å². The second-order valence-electron chi connectivity index (χ2n) is 3.64. The van der Waals surface area contributed by atoms with Crippen molar-refractivity contribution in [1.82, 2.24) is 9.55 Å². The Kier molecular flexibility index (Phi) is 3.58. The summed E-state index contributed by atoms with van der Waals surface area (Å²) in [5.74, 6) is -0.545. The number of aromatic amines is 1. The lowest BCUT2D eigenvalue weighted by Crippen LogP contribution is -2.33. The first-order valence-corrected chi connectivity index (χ1v) is 5.52. The summed E-state index contributed by atoms with van der Waals surface area (Å²) < 4.78 is 40.7. The molecule has 0 aliphatic rings. The number of H-pyrrole nitrogens is 1. The van der Waals surface area contributed by atoms with E-state index in [2.05, 4.69) is 9.72 Å². The molecule has 1 heterocycles. The fraction of sp³-hybridized carbons (Fsp3) is 0.0909. The average Bonchev–Trinajstić information content (AvgIpc) is 2.25. The van der Waals surface area contributed by atoms with Crippen LogP contribution in [0, 0.1) is 0 Å². The summed E-state index contributed by atoms with van der Waals surface area (Å²) in [7, 11) is 0. The van der Waals surface area contributed by atoms with Gasteiger partial charge in [0.25, 0.3) is 5.56 Å². The number of halogens is 4. The third kappa shape index (κ3) is 3.21. The average molecular weight is 307 g/mol. The second kappa shape index (κ2) is 5.04. The smallest absolute Gasteiger partial charge is 0.406 e. The molecule has 0 aliphatic carbocycles. The molecule has 0 aliphatic heterocycles. The molecule has 0 bridgehead atoms. The van der Waals surface area contributed by atoms with Gasteiger partial charge in [-0.05, 0) is 12.1 Å². The van der Waals surface area contributed by atoms with Gasteiger partial charge in [0, 0.05) is 12.1 Å². The largest absolute Gasteiger partial charge is 0.573 e. The minimum Gasteiger partial charge on any atom is -0.406 e. The number of ether oxygens (including phenoxy) is 1. The molecule has 9 heteroatoms. The van der Waals surface area contributed by atoms with E-state index in [4.69, 9.17) is 11.6 Å². The lowest BCUT2D eigenvalue weighted by atomic mass is 10.3. The predicted molar refractivity (Wildman–Crippen MR) is 64.4 cm³/mol. The number of nitrogens with one attached hydrogen (secondary N) is 1. The molecular weight excluding hydrogens is 301 g/mol. The van der Waals surface area contributed by atoms with E-state index < -0.39 is 23.4 Å². The number of benzene rings is 1. The number of rotatable bonds is 2. The van der Waals surface area contributed by atoms with Crippen LogP contribution in [0.2, 0.25) is 5.15 Å². The van der Waals surface area contributed by atoms with Crippen LogP contribution in [0.4, 0.5) is 13.2 Å².